The zero-order valence-electron chi connectivity index (χ0n) is 13.6. The van der Waals surface area contributed by atoms with E-state index in [0.29, 0.717) is 12.5 Å². The molecule has 0 N–H and O–H groups in total. The molecule has 0 spiro atoms. The number of fused-ring (bicyclic) bond motifs is 1. The topological polar surface area (TPSA) is 42.4 Å². The second-order valence-corrected chi connectivity index (χ2v) is 7.34. The van der Waals surface area contributed by atoms with Gasteiger partial charge in [-0.15, -0.1) is 0 Å². The van der Waals surface area contributed by atoms with Gasteiger partial charge in [0.15, 0.2) is 0 Å². The minimum Gasteiger partial charge on any atom is -0.444 e. The molecule has 0 radical (unpaired) electrons. The first-order valence-electron chi connectivity index (χ1n) is 7.72. The zero-order valence-corrected chi connectivity index (χ0v) is 13.6. The lowest BCUT2D eigenvalue weighted by Crippen LogP contribution is -2.37. The fourth-order valence-corrected chi connectivity index (χ4v) is 2.94. The molecule has 22 heavy (non-hydrogen) atoms. The molecule has 0 bridgehead atoms. The average Bonchev–Trinajstić information content (AvgIpc) is 2.97. The molecular formula is C18H22N2O2. The van der Waals surface area contributed by atoms with E-state index < -0.39 is 5.60 Å². The SMILES string of the molecule is Cc1cccnc1C#CC12CC1CN(C(=O)OC(C)(C)C)C2. The third kappa shape index (κ3) is 2.94. The molecule has 2 atom stereocenters. The van der Waals surface area contributed by atoms with Crippen molar-refractivity contribution in [3.8, 4) is 11.8 Å². The summed E-state index contributed by atoms with van der Waals surface area (Å²) in [5.41, 5.74) is 1.43. The normalized spacial score (nSPS) is 26.0. The standard InChI is InChI=1S/C18H22N2O2/c1-13-6-5-9-19-15(13)7-8-18-10-14(18)11-20(12-18)16(21)22-17(2,3)4/h5-6,9,14H,10-12H2,1-4H3. The molecule has 2 unspecified atom stereocenters. The number of likely N-dealkylation sites (tertiary alicyclic amines) is 1. The molecule has 1 amide bonds. The molecule has 2 heterocycles. The van der Waals surface area contributed by atoms with Crippen LogP contribution in [0.3, 0.4) is 0 Å². The molecular weight excluding hydrogens is 276 g/mol. The van der Waals surface area contributed by atoms with E-state index in [-0.39, 0.29) is 11.5 Å². The molecule has 1 aromatic heterocycles. The van der Waals surface area contributed by atoms with Gasteiger partial charge in [-0.05, 0) is 57.6 Å². The number of aromatic nitrogens is 1. The summed E-state index contributed by atoms with van der Waals surface area (Å²) in [5.74, 6) is 7.06. The minimum atomic E-state index is -0.451. The summed E-state index contributed by atoms with van der Waals surface area (Å²) < 4.78 is 5.44. The van der Waals surface area contributed by atoms with E-state index >= 15 is 0 Å². The van der Waals surface area contributed by atoms with Crippen LogP contribution in [0.5, 0.6) is 0 Å². The van der Waals surface area contributed by atoms with Crippen LogP contribution in [0.2, 0.25) is 0 Å². The number of hydrogen-bond donors (Lipinski definition) is 0. The van der Waals surface area contributed by atoms with E-state index in [1.807, 2.05) is 39.8 Å². The lowest BCUT2D eigenvalue weighted by molar-refractivity contribution is 0.0268. The first-order valence-corrected chi connectivity index (χ1v) is 7.72. The lowest BCUT2D eigenvalue weighted by Gasteiger charge is -2.25. The maximum Gasteiger partial charge on any atom is 0.410 e. The Balaban J connectivity index is 1.69. The second-order valence-electron chi connectivity index (χ2n) is 7.34. The Hall–Kier alpha value is -2.02. The maximum absolute atomic E-state index is 12.1. The van der Waals surface area contributed by atoms with Crippen LogP contribution >= 0.6 is 0 Å². The molecule has 1 aromatic rings. The average molecular weight is 298 g/mol. The van der Waals surface area contributed by atoms with Crippen molar-refractivity contribution < 1.29 is 9.53 Å². The molecule has 3 rings (SSSR count). The number of nitrogens with zero attached hydrogens (tertiary/aromatic N) is 2. The van der Waals surface area contributed by atoms with Gasteiger partial charge in [0.2, 0.25) is 0 Å². The molecule has 1 saturated heterocycles. The van der Waals surface area contributed by atoms with Crippen molar-refractivity contribution in [2.75, 3.05) is 13.1 Å². The Bertz CT molecular complexity index is 666. The van der Waals surface area contributed by atoms with E-state index in [2.05, 4.69) is 16.8 Å². The Kier molecular flexibility index (Phi) is 3.40. The van der Waals surface area contributed by atoms with Crippen molar-refractivity contribution in [2.45, 2.75) is 39.7 Å². The first-order chi connectivity index (χ1) is 10.3. The Morgan fingerprint density at radius 2 is 2.27 bits per heavy atom. The number of amides is 1. The molecule has 1 aliphatic carbocycles. The van der Waals surface area contributed by atoms with Gasteiger partial charge in [-0.2, -0.15) is 0 Å². The summed E-state index contributed by atoms with van der Waals surface area (Å²) in [7, 11) is 0. The highest BCUT2D eigenvalue weighted by molar-refractivity contribution is 5.69. The van der Waals surface area contributed by atoms with E-state index in [9.17, 15) is 4.79 Å². The van der Waals surface area contributed by atoms with Crippen molar-refractivity contribution in [1.82, 2.24) is 9.88 Å². The fraction of sp³-hybridized carbons (Fsp3) is 0.556. The predicted octanol–water partition coefficient (Wildman–Crippen LogP) is 3.00. The number of carbonyl (C=O) groups is 1. The van der Waals surface area contributed by atoms with Crippen LogP contribution in [0.15, 0.2) is 18.3 Å². The largest absolute Gasteiger partial charge is 0.444 e. The molecule has 4 heteroatoms. The van der Waals surface area contributed by atoms with Gasteiger partial charge in [0.1, 0.15) is 11.3 Å². The first kappa shape index (κ1) is 14.9. The number of aryl methyl sites for hydroxylation is 1. The third-order valence-electron chi connectivity index (χ3n) is 4.24. The van der Waals surface area contributed by atoms with Gasteiger partial charge >= 0.3 is 6.09 Å². The summed E-state index contributed by atoms with van der Waals surface area (Å²) in [5, 5.41) is 0. The quantitative estimate of drug-likeness (QED) is 0.692. The molecule has 116 valence electrons. The number of hydrogen-bond acceptors (Lipinski definition) is 3. The minimum absolute atomic E-state index is 0.0408. The van der Waals surface area contributed by atoms with E-state index in [4.69, 9.17) is 4.74 Å². The van der Waals surface area contributed by atoms with Crippen molar-refractivity contribution >= 4 is 6.09 Å². The molecule has 4 nitrogen and oxygen atoms in total. The van der Waals surface area contributed by atoms with Gasteiger partial charge in [0.05, 0.1) is 5.41 Å². The maximum atomic E-state index is 12.1. The van der Waals surface area contributed by atoms with Crippen LogP contribution in [0.1, 0.15) is 38.4 Å². The number of pyridine rings is 1. The van der Waals surface area contributed by atoms with Crippen molar-refractivity contribution in [3.63, 3.8) is 0 Å². The van der Waals surface area contributed by atoms with Gasteiger partial charge in [-0.25, -0.2) is 9.78 Å². The zero-order chi connectivity index (χ0) is 16.0. The summed E-state index contributed by atoms with van der Waals surface area (Å²) in [6.07, 6.45) is 2.61. The van der Waals surface area contributed by atoms with Crippen LogP contribution in [0.4, 0.5) is 4.79 Å². The van der Waals surface area contributed by atoms with E-state index in [1.54, 1.807) is 11.1 Å². The number of piperidine rings is 1. The van der Waals surface area contributed by atoms with E-state index in [1.165, 1.54) is 0 Å². The monoisotopic (exact) mass is 298 g/mol. The Morgan fingerprint density at radius 3 is 2.95 bits per heavy atom. The third-order valence-corrected chi connectivity index (χ3v) is 4.24. The highest BCUT2D eigenvalue weighted by Gasteiger charge is 2.60. The number of ether oxygens (including phenoxy) is 1. The van der Waals surface area contributed by atoms with Crippen LogP contribution in [0.25, 0.3) is 0 Å². The van der Waals surface area contributed by atoms with Crippen molar-refractivity contribution in [3.05, 3.63) is 29.6 Å². The fourth-order valence-electron chi connectivity index (χ4n) is 2.94. The highest BCUT2D eigenvalue weighted by Crippen LogP contribution is 2.57. The van der Waals surface area contributed by atoms with Gasteiger partial charge in [-0.1, -0.05) is 12.0 Å². The summed E-state index contributed by atoms with van der Waals surface area (Å²) in [4.78, 5) is 18.2. The molecule has 1 aliphatic heterocycles. The predicted molar refractivity (Wildman–Crippen MR) is 84.2 cm³/mol. The van der Waals surface area contributed by atoms with Crippen LogP contribution in [0, 0.1) is 30.1 Å². The second kappa shape index (κ2) is 5.01. The summed E-state index contributed by atoms with van der Waals surface area (Å²) >= 11 is 0. The lowest BCUT2D eigenvalue weighted by atomic mass is 10.1. The van der Waals surface area contributed by atoms with Gasteiger partial charge < -0.3 is 9.64 Å². The van der Waals surface area contributed by atoms with Crippen LogP contribution < -0.4 is 0 Å². The Morgan fingerprint density at radius 1 is 1.50 bits per heavy atom. The molecule has 0 aromatic carbocycles. The van der Waals surface area contributed by atoms with Crippen LogP contribution in [-0.4, -0.2) is 34.7 Å². The molecule has 2 fully saturated rings. The van der Waals surface area contributed by atoms with Crippen molar-refractivity contribution in [2.24, 2.45) is 11.3 Å². The summed E-state index contributed by atoms with van der Waals surface area (Å²) in [6.45, 7) is 9.11. The van der Waals surface area contributed by atoms with Gasteiger partial charge in [0, 0.05) is 19.3 Å². The molecule has 1 saturated carbocycles. The smallest absolute Gasteiger partial charge is 0.410 e. The van der Waals surface area contributed by atoms with Gasteiger partial charge in [-0.3, -0.25) is 0 Å². The molecule has 2 aliphatic rings. The Labute approximate surface area is 131 Å². The highest BCUT2D eigenvalue weighted by atomic mass is 16.6. The van der Waals surface area contributed by atoms with Crippen LogP contribution in [-0.2, 0) is 4.74 Å². The van der Waals surface area contributed by atoms with Crippen molar-refractivity contribution in [1.29, 1.82) is 0 Å². The van der Waals surface area contributed by atoms with E-state index in [0.717, 1.165) is 24.2 Å². The number of carbonyl (C=O) groups excluding carboxylic acids is 1. The summed E-state index contributed by atoms with van der Waals surface area (Å²) in [6, 6.07) is 3.93. The van der Waals surface area contributed by atoms with Gasteiger partial charge in [0.25, 0.3) is 0 Å². The number of rotatable bonds is 0.